The molecular formula is C14H20N2O. The van der Waals surface area contributed by atoms with E-state index in [9.17, 15) is 4.79 Å². The van der Waals surface area contributed by atoms with Crippen molar-refractivity contribution in [3.63, 3.8) is 0 Å². The number of rotatable bonds is 4. The van der Waals surface area contributed by atoms with Crippen molar-refractivity contribution in [2.24, 2.45) is 5.73 Å². The first kappa shape index (κ1) is 13.5. The van der Waals surface area contributed by atoms with E-state index in [0.717, 1.165) is 12.1 Å². The van der Waals surface area contributed by atoms with Gasteiger partial charge < -0.3 is 11.1 Å². The Bertz CT molecular complexity index is 399. The lowest BCUT2D eigenvalue weighted by molar-refractivity contribution is -0.113. The van der Waals surface area contributed by atoms with Crippen molar-refractivity contribution in [3.8, 4) is 0 Å². The molecule has 0 aliphatic carbocycles. The number of carbonyl (C=O) groups excluding carboxylic acids is 1. The van der Waals surface area contributed by atoms with Gasteiger partial charge in [0.15, 0.2) is 0 Å². The second-order valence-electron chi connectivity index (χ2n) is 5.08. The van der Waals surface area contributed by atoms with Crippen LogP contribution in [-0.2, 0) is 11.3 Å². The van der Waals surface area contributed by atoms with Crippen LogP contribution in [0, 0.1) is 0 Å². The fourth-order valence-corrected chi connectivity index (χ4v) is 1.29. The average Bonchev–Trinajstić information content (AvgIpc) is 2.24. The number of hydrogen-bond acceptors (Lipinski definition) is 2. The highest BCUT2D eigenvalue weighted by Crippen LogP contribution is 2.08. The predicted octanol–water partition coefficient (Wildman–Crippen LogP) is 2.07. The Morgan fingerprint density at radius 3 is 2.35 bits per heavy atom. The Labute approximate surface area is 103 Å². The molecule has 3 nitrogen and oxygen atoms in total. The zero-order valence-electron chi connectivity index (χ0n) is 10.7. The third-order valence-corrected chi connectivity index (χ3v) is 2.24. The van der Waals surface area contributed by atoms with Crippen LogP contribution in [0.5, 0.6) is 0 Å². The van der Waals surface area contributed by atoms with E-state index in [4.69, 9.17) is 5.73 Å². The average molecular weight is 232 g/mol. The number of carbonyl (C=O) groups is 1. The van der Waals surface area contributed by atoms with Crippen LogP contribution in [0.15, 0.2) is 30.3 Å². The summed E-state index contributed by atoms with van der Waals surface area (Å²) in [5, 5.41) is 3.42. The molecule has 0 saturated carbocycles. The zero-order chi connectivity index (χ0) is 12.9. The van der Waals surface area contributed by atoms with Crippen LogP contribution in [-0.4, -0.2) is 11.4 Å². The van der Waals surface area contributed by atoms with Gasteiger partial charge in [-0.25, -0.2) is 0 Å². The molecule has 3 N–H and O–H groups in total. The topological polar surface area (TPSA) is 55.1 Å². The van der Waals surface area contributed by atoms with E-state index in [1.807, 2.05) is 24.3 Å². The van der Waals surface area contributed by atoms with E-state index >= 15 is 0 Å². The minimum absolute atomic E-state index is 0.116. The largest absolute Gasteiger partial charge is 0.366 e. The van der Waals surface area contributed by atoms with E-state index in [0.29, 0.717) is 0 Å². The molecule has 0 radical (unpaired) electrons. The van der Waals surface area contributed by atoms with Crippen LogP contribution in [0.3, 0.4) is 0 Å². The molecule has 1 aromatic carbocycles. The molecule has 3 heteroatoms. The number of nitrogens with one attached hydrogen (secondary N) is 1. The maximum atomic E-state index is 10.6. The number of nitrogens with two attached hydrogens (primary N) is 1. The third-order valence-electron chi connectivity index (χ3n) is 2.24. The Kier molecular flexibility index (Phi) is 4.46. The highest BCUT2D eigenvalue weighted by molar-refractivity contribution is 5.90. The zero-order valence-corrected chi connectivity index (χ0v) is 10.7. The van der Waals surface area contributed by atoms with Crippen LogP contribution >= 0.6 is 0 Å². The number of benzene rings is 1. The van der Waals surface area contributed by atoms with Gasteiger partial charge in [0.2, 0.25) is 5.91 Å². The molecule has 1 rings (SSSR count). The molecule has 0 spiro atoms. The molecule has 0 unspecified atom stereocenters. The fourth-order valence-electron chi connectivity index (χ4n) is 1.29. The van der Waals surface area contributed by atoms with Gasteiger partial charge in [-0.15, -0.1) is 0 Å². The lowest BCUT2D eigenvalue weighted by atomic mass is 10.1. The van der Waals surface area contributed by atoms with E-state index < -0.39 is 5.91 Å². The van der Waals surface area contributed by atoms with Gasteiger partial charge in [-0.3, -0.25) is 4.79 Å². The summed E-state index contributed by atoms with van der Waals surface area (Å²) in [4.78, 5) is 10.6. The summed E-state index contributed by atoms with van der Waals surface area (Å²) >= 11 is 0. The van der Waals surface area contributed by atoms with Crippen molar-refractivity contribution in [2.75, 3.05) is 0 Å². The molecule has 0 saturated heterocycles. The van der Waals surface area contributed by atoms with Gasteiger partial charge in [0.05, 0.1) is 0 Å². The fraction of sp³-hybridized carbons (Fsp3) is 0.357. The molecule has 0 aromatic heterocycles. The smallest absolute Gasteiger partial charge is 0.241 e. The Morgan fingerprint density at radius 2 is 1.88 bits per heavy atom. The van der Waals surface area contributed by atoms with Crippen LogP contribution in [0.25, 0.3) is 6.08 Å². The quantitative estimate of drug-likeness (QED) is 0.781. The lowest BCUT2D eigenvalue weighted by Gasteiger charge is -2.20. The minimum Gasteiger partial charge on any atom is -0.366 e. The maximum Gasteiger partial charge on any atom is 0.241 e. The van der Waals surface area contributed by atoms with Crippen LogP contribution in [0.1, 0.15) is 31.9 Å². The summed E-state index contributed by atoms with van der Waals surface area (Å²) in [5.41, 5.74) is 7.34. The number of hydrogen-bond donors (Lipinski definition) is 2. The second kappa shape index (κ2) is 5.64. The summed E-state index contributed by atoms with van der Waals surface area (Å²) < 4.78 is 0. The van der Waals surface area contributed by atoms with Crippen LogP contribution in [0.4, 0.5) is 0 Å². The van der Waals surface area contributed by atoms with Crippen molar-refractivity contribution >= 4 is 12.0 Å². The number of amides is 1. The second-order valence-corrected chi connectivity index (χ2v) is 5.08. The Balaban J connectivity index is 2.59. The van der Waals surface area contributed by atoms with Gasteiger partial charge in [-0.1, -0.05) is 24.3 Å². The summed E-state index contributed by atoms with van der Waals surface area (Å²) in [7, 11) is 0. The van der Waals surface area contributed by atoms with E-state index in [1.54, 1.807) is 6.08 Å². The van der Waals surface area contributed by atoms with Gasteiger partial charge >= 0.3 is 0 Å². The highest BCUT2D eigenvalue weighted by Gasteiger charge is 2.07. The normalized spacial score (nSPS) is 11.9. The molecule has 0 bridgehead atoms. The van der Waals surface area contributed by atoms with Crippen molar-refractivity contribution in [1.82, 2.24) is 5.32 Å². The van der Waals surface area contributed by atoms with Crippen molar-refractivity contribution in [3.05, 3.63) is 41.5 Å². The molecule has 1 aromatic rings. The molecule has 1 amide bonds. The molecule has 0 atom stereocenters. The van der Waals surface area contributed by atoms with Crippen molar-refractivity contribution in [2.45, 2.75) is 32.9 Å². The standard InChI is InChI=1S/C14H20N2O/c1-14(2,3)16-10-12-6-4-11(5-7-12)8-9-13(15)17/h4-9,16H,10H2,1-3H3,(H2,15,17). The predicted molar refractivity (Wildman–Crippen MR) is 71.3 cm³/mol. The van der Waals surface area contributed by atoms with Crippen LogP contribution in [0.2, 0.25) is 0 Å². The minimum atomic E-state index is -0.427. The monoisotopic (exact) mass is 232 g/mol. The molecule has 0 heterocycles. The molecule has 0 fully saturated rings. The van der Waals surface area contributed by atoms with Gasteiger partial charge in [-0.05, 0) is 38.0 Å². The summed E-state index contributed by atoms with van der Waals surface area (Å²) in [6.07, 6.45) is 3.08. The third kappa shape index (κ3) is 5.88. The molecular weight excluding hydrogens is 212 g/mol. The van der Waals surface area contributed by atoms with E-state index in [-0.39, 0.29) is 5.54 Å². The first-order valence-corrected chi connectivity index (χ1v) is 5.68. The number of primary amides is 1. The van der Waals surface area contributed by atoms with E-state index in [2.05, 4.69) is 26.1 Å². The first-order chi connectivity index (χ1) is 7.87. The first-order valence-electron chi connectivity index (χ1n) is 5.68. The summed E-state index contributed by atoms with van der Waals surface area (Å²) in [6, 6.07) is 8.02. The molecule has 0 aliphatic heterocycles. The molecule has 17 heavy (non-hydrogen) atoms. The maximum absolute atomic E-state index is 10.6. The summed E-state index contributed by atoms with van der Waals surface area (Å²) in [5.74, 6) is -0.427. The van der Waals surface area contributed by atoms with Crippen molar-refractivity contribution < 1.29 is 4.79 Å². The van der Waals surface area contributed by atoms with Crippen LogP contribution < -0.4 is 11.1 Å². The Hall–Kier alpha value is -1.61. The Morgan fingerprint density at radius 1 is 1.29 bits per heavy atom. The highest BCUT2D eigenvalue weighted by atomic mass is 16.1. The van der Waals surface area contributed by atoms with Gasteiger partial charge in [0, 0.05) is 18.2 Å². The summed E-state index contributed by atoms with van der Waals surface area (Å²) in [6.45, 7) is 7.24. The molecule has 0 aliphatic rings. The SMILES string of the molecule is CC(C)(C)NCc1ccc(C=CC(N)=O)cc1. The van der Waals surface area contributed by atoms with Gasteiger partial charge in [-0.2, -0.15) is 0 Å². The van der Waals surface area contributed by atoms with Gasteiger partial charge in [0.1, 0.15) is 0 Å². The van der Waals surface area contributed by atoms with E-state index in [1.165, 1.54) is 11.6 Å². The van der Waals surface area contributed by atoms with Crippen molar-refractivity contribution in [1.29, 1.82) is 0 Å². The van der Waals surface area contributed by atoms with Gasteiger partial charge in [0.25, 0.3) is 0 Å². The lowest BCUT2D eigenvalue weighted by Crippen LogP contribution is -2.35. The molecule has 92 valence electrons.